The van der Waals surface area contributed by atoms with Gasteiger partial charge in [-0.2, -0.15) is 0 Å². The molecule has 2 rings (SSSR count). The van der Waals surface area contributed by atoms with Crippen molar-refractivity contribution >= 4 is 0 Å². The number of pyridine rings is 1. The summed E-state index contributed by atoms with van der Waals surface area (Å²) < 4.78 is 13.3. The van der Waals surface area contributed by atoms with Gasteiger partial charge in [0.2, 0.25) is 0 Å². The summed E-state index contributed by atoms with van der Waals surface area (Å²) in [5, 5.41) is 3.53. The lowest BCUT2D eigenvalue weighted by molar-refractivity contribution is 0.454. The van der Waals surface area contributed by atoms with E-state index in [-0.39, 0.29) is 17.9 Å². The summed E-state index contributed by atoms with van der Waals surface area (Å²) in [6, 6.07) is 11.1. The minimum Gasteiger partial charge on any atom is -0.303 e. The van der Waals surface area contributed by atoms with E-state index in [1.807, 2.05) is 18.2 Å². The van der Waals surface area contributed by atoms with Crippen molar-refractivity contribution in [1.29, 1.82) is 0 Å². The highest BCUT2D eigenvalue weighted by molar-refractivity contribution is 5.21. The number of benzene rings is 1. The second-order valence-electron chi connectivity index (χ2n) is 4.68. The van der Waals surface area contributed by atoms with E-state index in [0.717, 1.165) is 12.0 Å². The second-order valence-corrected chi connectivity index (χ2v) is 4.68. The lowest BCUT2D eigenvalue weighted by Crippen LogP contribution is -2.24. The molecule has 0 bridgehead atoms. The van der Waals surface area contributed by atoms with Gasteiger partial charge in [0.05, 0.1) is 0 Å². The second kappa shape index (κ2) is 6.43. The SMILES string of the molecule is CCC(NC(C)c1ccncc1)c1cccc(F)c1. The van der Waals surface area contributed by atoms with E-state index in [0.29, 0.717) is 0 Å². The summed E-state index contributed by atoms with van der Waals surface area (Å²) in [4.78, 5) is 4.02. The molecule has 1 aromatic carbocycles. The quantitative estimate of drug-likeness (QED) is 0.876. The Morgan fingerprint density at radius 1 is 1.16 bits per heavy atom. The van der Waals surface area contributed by atoms with E-state index in [1.54, 1.807) is 24.5 Å². The van der Waals surface area contributed by atoms with Crippen molar-refractivity contribution in [3.8, 4) is 0 Å². The fraction of sp³-hybridized carbons (Fsp3) is 0.312. The maximum Gasteiger partial charge on any atom is 0.123 e. The molecule has 19 heavy (non-hydrogen) atoms. The van der Waals surface area contributed by atoms with Crippen molar-refractivity contribution in [1.82, 2.24) is 10.3 Å². The molecule has 3 heteroatoms. The summed E-state index contributed by atoms with van der Waals surface area (Å²) in [5.41, 5.74) is 2.17. The van der Waals surface area contributed by atoms with E-state index < -0.39 is 0 Å². The van der Waals surface area contributed by atoms with Crippen molar-refractivity contribution in [3.05, 3.63) is 65.7 Å². The summed E-state index contributed by atoms with van der Waals surface area (Å²) in [5.74, 6) is -0.186. The summed E-state index contributed by atoms with van der Waals surface area (Å²) in [6.07, 6.45) is 4.49. The van der Waals surface area contributed by atoms with Gasteiger partial charge in [0.15, 0.2) is 0 Å². The molecule has 1 N–H and O–H groups in total. The highest BCUT2D eigenvalue weighted by Crippen LogP contribution is 2.22. The van der Waals surface area contributed by atoms with E-state index in [9.17, 15) is 4.39 Å². The van der Waals surface area contributed by atoms with Crippen LogP contribution in [0.1, 0.15) is 43.5 Å². The lowest BCUT2D eigenvalue weighted by Gasteiger charge is -2.23. The molecule has 0 spiro atoms. The number of rotatable bonds is 5. The Kier molecular flexibility index (Phi) is 4.63. The Bertz CT molecular complexity index is 513. The van der Waals surface area contributed by atoms with E-state index in [2.05, 4.69) is 24.1 Å². The monoisotopic (exact) mass is 258 g/mol. The Hall–Kier alpha value is -1.74. The molecule has 1 heterocycles. The van der Waals surface area contributed by atoms with Gasteiger partial charge in [-0.1, -0.05) is 19.1 Å². The van der Waals surface area contributed by atoms with Crippen LogP contribution in [-0.2, 0) is 0 Å². The van der Waals surface area contributed by atoms with Gasteiger partial charge < -0.3 is 5.32 Å². The number of hydrogen-bond acceptors (Lipinski definition) is 2. The minimum absolute atomic E-state index is 0.152. The van der Waals surface area contributed by atoms with Crippen LogP contribution in [0.2, 0.25) is 0 Å². The van der Waals surface area contributed by atoms with Crippen molar-refractivity contribution in [2.45, 2.75) is 32.4 Å². The van der Waals surface area contributed by atoms with Gasteiger partial charge in [-0.25, -0.2) is 4.39 Å². The molecule has 2 nitrogen and oxygen atoms in total. The lowest BCUT2D eigenvalue weighted by atomic mass is 10.0. The van der Waals surface area contributed by atoms with Crippen molar-refractivity contribution < 1.29 is 4.39 Å². The molecule has 100 valence electrons. The predicted octanol–water partition coefficient (Wildman–Crippen LogP) is 4.02. The van der Waals surface area contributed by atoms with E-state index in [1.165, 1.54) is 11.6 Å². The van der Waals surface area contributed by atoms with Crippen molar-refractivity contribution in [2.24, 2.45) is 0 Å². The van der Waals surface area contributed by atoms with Crippen LogP contribution in [0.3, 0.4) is 0 Å². The molecule has 0 amide bonds. The third-order valence-electron chi connectivity index (χ3n) is 3.32. The van der Waals surface area contributed by atoms with Crippen molar-refractivity contribution in [2.75, 3.05) is 0 Å². The maximum atomic E-state index is 13.3. The Morgan fingerprint density at radius 2 is 1.89 bits per heavy atom. The summed E-state index contributed by atoms with van der Waals surface area (Å²) in [7, 11) is 0. The van der Waals surface area contributed by atoms with Crippen LogP contribution in [0.25, 0.3) is 0 Å². The van der Waals surface area contributed by atoms with Gasteiger partial charge >= 0.3 is 0 Å². The molecule has 2 unspecified atom stereocenters. The zero-order chi connectivity index (χ0) is 13.7. The van der Waals surface area contributed by atoms with Crippen LogP contribution in [0, 0.1) is 5.82 Å². The Morgan fingerprint density at radius 3 is 2.53 bits per heavy atom. The van der Waals surface area contributed by atoms with Gasteiger partial charge in [0.1, 0.15) is 5.82 Å². The average Bonchev–Trinajstić information content (AvgIpc) is 2.45. The van der Waals surface area contributed by atoms with Gasteiger partial charge in [-0.15, -0.1) is 0 Å². The van der Waals surface area contributed by atoms with Crippen LogP contribution in [0.15, 0.2) is 48.8 Å². The third kappa shape index (κ3) is 3.61. The van der Waals surface area contributed by atoms with E-state index in [4.69, 9.17) is 0 Å². The Labute approximate surface area is 113 Å². The molecule has 0 fully saturated rings. The highest BCUT2D eigenvalue weighted by atomic mass is 19.1. The largest absolute Gasteiger partial charge is 0.303 e. The summed E-state index contributed by atoms with van der Waals surface area (Å²) >= 11 is 0. The number of nitrogens with zero attached hydrogens (tertiary/aromatic N) is 1. The standard InChI is InChI=1S/C16H19FN2/c1-3-16(14-5-4-6-15(17)11-14)19-12(2)13-7-9-18-10-8-13/h4-12,16,19H,3H2,1-2H3. The summed E-state index contributed by atoms with van der Waals surface area (Å²) in [6.45, 7) is 4.21. The van der Waals surface area contributed by atoms with Crippen LogP contribution >= 0.6 is 0 Å². The van der Waals surface area contributed by atoms with Gasteiger partial charge in [-0.3, -0.25) is 4.98 Å². The third-order valence-corrected chi connectivity index (χ3v) is 3.32. The average molecular weight is 258 g/mol. The molecular formula is C16H19FN2. The smallest absolute Gasteiger partial charge is 0.123 e. The minimum atomic E-state index is -0.186. The zero-order valence-electron chi connectivity index (χ0n) is 11.3. The molecule has 0 saturated carbocycles. The van der Waals surface area contributed by atoms with Gasteiger partial charge in [-0.05, 0) is 48.7 Å². The fourth-order valence-electron chi connectivity index (χ4n) is 2.22. The maximum absolute atomic E-state index is 13.3. The van der Waals surface area contributed by atoms with Crippen LogP contribution in [-0.4, -0.2) is 4.98 Å². The van der Waals surface area contributed by atoms with Gasteiger partial charge in [0.25, 0.3) is 0 Å². The van der Waals surface area contributed by atoms with Crippen LogP contribution in [0.4, 0.5) is 4.39 Å². The molecular weight excluding hydrogens is 239 g/mol. The van der Waals surface area contributed by atoms with Crippen molar-refractivity contribution in [3.63, 3.8) is 0 Å². The molecule has 0 aliphatic rings. The normalized spacial score (nSPS) is 14.1. The molecule has 2 atom stereocenters. The molecule has 0 aliphatic heterocycles. The molecule has 1 aromatic heterocycles. The first-order valence-corrected chi connectivity index (χ1v) is 6.62. The van der Waals surface area contributed by atoms with Crippen LogP contribution in [0.5, 0.6) is 0 Å². The van der Waals surface area contributed by atoms with E-state index >= 15 is 0 Å². The molecule has 2 aromatic rings. The highest BCUT2D eigenvalue weighted by Gasteiger charge is 2.14. The number of hydrogen-bond donors (Lipinski definition) is 1. The number of halogens is 1. The predicted molar refractivity (Wildman–Crippen MR) is 75.2 cm³/mol. The first-order chi connectivity index (χ1) is 9.20. The Balaban J connectivity index is 2.11. The zero-order valence-corrected chi connectivity index (χ0v) is 11.3. The first-order valence-electron chi connectivity index (χ1n) is 6.62. The molecule has 0 radical (unpaired) electrons. The van der Waals surface area contributed by atoms with Crippen LogP contribution < -0.4 is 5.32 Å². The van der Waals surface area contributed by atoms with Gasteiger partial charge in [0, 0.05) is 24.5 Å². The number of aromatic nitrogens is 1. The first kappa shape index (κ1) is 13.7. The molecule has 0 saturated heterocycles. The topological polar surface area (TPSA) is 24.9 Å². The fourth-order valence-corrected chi connectivity index (χ4v) is 2.22. The number of nitrogens with one attached hydrogen (secondary N) is 1. The molecule has 0 aliphatic carbocycles.